The third-order valence-electron chi connectivity index (χ3n) is 0.867. The minimum absolute atomic E-state index is 0.708. The van der Waals surface area contributed by atoms with E-state index in [1.165, 1.54) is 4.90 Å². The first-order valence-corrected chi connectivity index (χ1v) is 5.71. The van der Waals surface area contributed by atoms with Crippen LogP contribution in [-0.2, 0) is 9.59 Å². The van der Waals surface area contributed by atoms with Crippen LogP contribution >= 0.6 is 23.1 Å². The first-order chi connectivity index (χ1) is 7.12. The van der Waals surface area contributed by atoms with Crippen molar-refractivity contribution in [2.24, 2.45) is 0 Å². The van der Waals surface area contributed by atoms with Gasteiger partial charge in [0.2, 0.25) is 12.2 Å². The van der Waals surface area contributed by atoms with Gasteiger partial charge in [0.05, 0.1) is 0 Å². The molecule has 1 heterocycles. The molecule has 0 atom stereocenters. The van der Waals surface area contributed by atoms with Gasteiger partial charge in [0.25, 0.3) is 0 Å². The lowest BCUT2D eigenvalue weighted by molar-refractivity contribution is 0.562. The van der Waals surface area contributed by atoms with Crippen molar-refractivity contribution in [3.63, 3.8) is 0 Å². The zero-order valence-electron chi connectivity index (χ0n) is 8.44. The summed E-state index contributed by atoms with van der Waals surface area (Å²) >= 11 is 3.68. The summed E-state index contributed by atoms with van der Waals surface area (Å²) in [6, 6.07) is 2.16. The Morgan fingerprint density at radius 2 is 1.80 bits per heavy atom. The Kier molecular flexibility index (Phi) is 13.9. The highest BCUT2D eigenvalue weighted by atomic mass is 32.2. The Morgan fingerprint density at radius 1 is 1.33 bits per heavy atom. The van der Waals surface area contributed by atoms with Crippen LogP contribution in [0.1, 0.15) is 13.8 Å². The molecule has 1 aromatic rings. The second kappa shape index (κ2) is 12.8. The number of thiophene rings is 1. The fourth-order valence-electron chi connectivity index (χ4n) is 0.591. The largest absolute Gasteiger partial charge is 0.231 e. The Morgan fingerprint density at radius 3 is 2.07 bits per heavy atom. The topological polar surface area (TPSA) is 81.8 Å². The van der Waals surface area contributed by atoms with E-state index in [4.69, 9.17) is 20.4 Å². The van der Waals surface area contributed by atoms with Crippen molar-refractivity contribution in [3.8, 4) is 0 Å². The number of carbonyl (C=O) groups excluding carboxylic acids is 2. The van der Waals surface area contributed by atoms with Gasteiger partial charge in [-0.15, -0.1) is 11.8 Å². The van der Waals surface area contributed by atoms with Crippen LogP contribution in [0.2, 0.25) is 0 Å². The quantitative estimate of drug-likeness (QED) is 0.476. The second-order valence-corrected chi connectivity index (χ2v) is 4.76. The Labute approximate surface area is 96.7 Å². The van der Waals surface area contributed by atoms with E-state index < -0.39 is 0 Å². The monoisotopic (exact) mass is 244 g/mol. The van der Waals surface area contributed by atoms with E-state index in [-0.39, 0.29) is 0 Å². The van der Waals surface area contributed by atoms with Crippen molar-refractivity contribution in [1.29, 1.82) is 10.8 Å². The Balaban J connectivity index is 0. The minimum atomic E-state index is 0.708. The van der Waals surface area contributed by atoms with E-state index in [1.54, 1.807) is 11.3 Å². The van der Waals surface area contributed by atoms with E-state index in [0.717, 1.165) is 12.2 Å². The van der Waals surface area contributed by atoms with Crippen molar-refractivity contribution in [2.75, 3.05) is 0 Å². The normalized spacial score (nSPS) is 7.40. The van der Waals surface area contributed by atoms with Crippen LogP contribution in [0.4, 0.5) is 0 Å². The van der Waals surface area contributed by atoms with Crippen molar-refractivity contribution >= 4 is 35.3 Å². The second-order valence-electron chi connectivity index (χ2n) is 2.33. The molecule has 0 saturated carbocycles. The summed E-state index contributed by atoms with van der Waals surface area (Å²) in [7, 11) is 0. The Hall–Kier alpha value is -1.19. The summed E-state index contributed by atoms with van der Waals surface area (Å²) in [6.45, 7) is 4.42. The highest BCUT2D eigenvalue weighted by Crippen LogP contribution is 2.24. The summed E-state index contributed by atoms with van der Waals surface area (Å²) in [4.78, 5) is 18.1. The summed E-state index contributed by atoms with van der Waals surface area (Å²) in [6.07, 6.45) is 1.50. The zero-order valence-corrected chi connectivity index (χ0v) is 10.1. The van der Waals surface area contributed by atoms with Crippen LogP contribution in [0, 0.1) is 10.8 Å². The highest BCUT2D eigenvalue weighted by molar-refractivity contribution is 8.00. The molecule has 0 spiro atoms. The van der Waals surface area contributed by atoms with Crippen molar-refractivity contribution in [1.82, 2.24) is 0 Å². The molecule has 2 N–H and O–H groups in total. The maximum absolute atomic E-state index is 8.35. The molecule has 0 amide bonds. The van der Waals surface area contributed by atoms with Crippen molar-refractivity contribution in [2.45, 2.75) is 24.0 Å². The molecule has 0 radical (unpaired) electrons. The number of nitrogens with one attached hydrogen (secondary N) is 2. The van der Waals surface area contributed by atoms with E-state index >= 15 is 0 Å². The molecule has 0 bridgehead atoms. The number of hydrogen-bond donors (Lipinski definition) is 2. The number of hydrogen-bond acceptors (Lipinski definition) is 6. The molecule has 0 aromatic carbocycles. The number of rotatable bonds is 2. The zero-order chi connectivity index (χ0) is 12.1. The maximum atomic E-state index is 8.35. The molecule has 4 nitrogen and oxygen atoms in total. The van der Waals surface area contributed by atoms with Crippen LogP contribution in [0.25, 0.3) is 0 Å². The maximum Gasteiger partial charge on any atom is 0.231 e. The molecule has 0 aliphatic rings. The van der Waals surface area contributed by atoms with E-state index in [0.29, 0.717) is 5.25 Å². The molecule has 0 aliphatic heterocycles. The van der Waals surface area contributed by atoms with Gasteiger partial charge in [-0.05, 0) is 11.4 Å². The summed E-state index contributed by atoms with van der Waals surface area (Å²) < 4.78 is 0. The van der Waals surface area contributed by atoms with Crippen molar-refractivity contribution in [3.05, 3.63) is 16.8 Å². The molecule has 0 unspecified atom stereocenters. The van der Waals surface area contributed by atoms with Gasteiger partial charge in [0.15, 0.2) is 0 Å². The molecule has 0 fully saturated rings. The van der Waals surface area contributed by atoms with Crippen LogP contribution in [0.3, 0.4) is 0 Å². The molecule has 82 valence electrons. The predicted molar refractivity (Wildman–Crippen MR) is 62.1 cm³/mol. The fourth-order valence-corrected chi connectivity index (χ4v) is 2.27. The molecular weight excluding hydrogens is 232 g/mol. The van der Waals surface area contributed by atoms with Crippen molar-refractivity contribution < 1.29 is 9.59 Å². The predicted octanol–water partition coefficient (Wildman–Crippen LogP) is 3.05. The average Bonchev–Trinajstić information content (AvgIpc) is 2.58. The van der Waals surface area contributed by atoms with Gasteiger partial charge in [0, 0.05) is 15.5 Å². The summed E-state index contributed by atoms with van der Waals surface area (Å²) in [5.74, 6) is 0. The smallest absolute Gasteiger partial charge is 0.222 e. The van der Waals surface area contributed by atoms with Gasteiger partial charge in [-0.2, -0.15) is 11.3 Å². The summed E-state index contributed by atoms with van der Waals surface area (Å²) in [5, 5.41) is 15.8. The van der Waals surface area contributed by atoms with E-state index in [9.17, 15) is 0 Å². The lowest BCUT2D eigenvalue weighted by Crippen LogP contribution is -1.82. The molecular formula is C9H12N2O2S2. The molecule has 15 heavy (non-hydrogen) atoms. The number of thioether (sulfide) groups is 1. The first kappa shape index (κ1) is 16.2. The van der Waals surface area contributed by atoms with Gasteiger partial charge in [-0.25, -0.2) is 20.4 Å². The molecule has 1 aromatic heterocycles. The van der Waals surface area contributed by atoms with Gasteiger partial charge in [-0.3, -0.25) is 0 Å². The average molecular weight is 244 g/mol. The molecule has 6 heteroatoms. The lowest BCUT2D eigenvalue weighted by atomic mass is 10.6. The first-order valence-electron chi connectivity index (χ1n) is 3.88. The molecule has 0 aliphatic carbocycles. The van der Waals surface area contributed by atoms with Crippen LogP contribution in [0.15, 0.2) is 21.7 Å². The molecule has 0 saturated heterocycles. The standard InChI is InChI=1S/C7H10S2.2CHNO/c1-6(2)9-7-3-4-8-5-7;2*2-1-3/h3-6H,1-2H3;2*2H. The van der Waals surface area contributed by atoms with E-state index in [1.807, 2.05) is 11.8 Å². The molecule has 1 rings (SSSR count). The van der Waals surface area contributed by atoms with Gasteiger partial charge < -0.3 is 0 Å². The lowest BCUT2D eigenvalue weighted by Gasteiger charge is -1.98. The van der Waals surface area contributed by atoms with Gasteiger partial charge in [0.1, 0.15) is 0 Å². The van der Waals surface area contributed by atoms with Crippen LogP contribution < -0.4 is 0 Å². The SMILES string of the molecule is CC(C)Sc1ccsc1.N=C=O.N=C=O. The number of isocyanates is 2. The van der Waals surface area contributed by atoms with Gasteiger partial charge >= 0.3 is 0 Å². The third kappa shape index (κ3) is 15.6. The third-order valence-corrected chi connectivity index (χ3v) is 2.70. The fraction of sp³-hybridized carbons (Fsp3) is 0.333. The Bertz CT molecular complexity index is 286. The van der Waals surface area contributed by atoms with Crippen LogP contribution in [-0.4, -0.2) is 17.4 Å². The minimum Gasteiger partial charge on any atom is -0.222 e. The van der Waals surface area contributed by atoms with Crippen LogP contribution in [0.5, 0.6) is 0 Å². The highest BCUT2D eigenvalue weighted by Gasteiger charge is 1.95. The van der Waals surface area contributed by atoms with E-state index in [2.05, 4.69) is 30.7 Å². The van der Waals surface area contributed by atoms with Gasteiger partial charge in [-0.1, -0.05) is 13.8 Å². The summed E-state index contributed by atoms with van der Waals surface area (Å²) in [5.41, 5.74) is 0.